The zero-order chi connectivity index (χ0) is 41.9. The minimum atomic E-state index is -1.03. The first kappa shape index (κ1) is 45.9. The molecule has 4 fully saturated rings. The number of esters is 1. The summed E-state index contributed by atoms with van der Waals surface area (Å²) in [5.41, 5.74) is 0.423. The highest BCUT2D eigenvalue weighted by Crippen LogP contribution is 2.65. The van der Waals surface area contributed by atoms with Crippen LogP contribution in [0.1, 0.15) is 170 Å². The highest BCUT2D eigenvalue weighted by molar-refractivity contribution is 5.81. The maximum atomic E-state index is 13.7. The van der Waals surface area contributed by atoms with Crippen molar-refractivity contribution in [2.45, 2.75) is 206 Å². The van der Waals surface area contributed by atoms with E-state index in [-0.39, 0.29) is 65.7 Å². The quantitative estimate of drug-likeness (QED) is 0.0683. The van der Waals surface area contributed by atoms with Crippen LogP contribution in [-0.4, -0.2) is 73.4 Å². The molecule has 5 N–H and O–H groups in total. The summed E-state index contributed by atoms with van der Waals surface area (Å²) in [6.07, 6.45) is 19.3. The lowest BCUT2D eigenvalue weighted by atomic mass is 9.46. The smallest absolute Gasteiger partial charge is 0.308 e. The highest BCUT2D eigenvalue weighted by Gasteiger charge is 2.61. The third-order valence-electron chi connectivity index (χ3n) is 17.5. The molecule has 0 heterocycles. The Kier molecular flexibility index (Phi) is 15.6. The maximum absolute atomic E-state index is 13.7. The first-order valence-electron chi connectivity index (χ1n) is 24.1. The lowest BCUT2D eigenvalue weighted by Gasteiger charge is -2.61. The van der Waals surface area contributed by atoms with E-state index in [0.29, 0.717) is 55.3 Å². The van der Waals surface area contributed by atoms with Gasteiger partial charge in [0.2, 0.25) is 0 Å². The second kappa shape index (κ2) is 19.6. The van der Waals surface area contributed by atoms with E-state index in [1.165, 1.54) is 19.3 Å². The molecule has 0 bridgehead atoms. The SMILES string of the molecule is CCCCCC[C@](C)(O)[C@H]1CCC2C3CC(OC(=O)C[C@H](O)C[C@H](O)CC[C@@H]4[C@@H]5C(=C[C@@H](O)C[C@@H]5CC(=O)[C@H](C)CC)C=C[C@@H]4C)[C@H]4C[C@@H](O)CC[C@]4(C)C3CCC21. The fourth-order valence-electron chi connectivity index (χ4n) is 14.2. The third kappa shape index (κ3) is 10.2. The molecule has 5 unspecified atom stereocenters. The molecule has 0 aromatic carbocycles. The number of hydrogen-bond acceptors (Lipinski definition) is 8. The van der Waals surface area contributed by atoms with Crippen LogP contribution < -0.4 is 0 Å². The van der Waals surface area contributed by atoms with Crippen LogP contribution in [0, 0.1) is 70.5 Å². The molecule has 8 nitrogen and oxygen atoms in total. The van der Waals surface area contributed by atoms with E-state index >= 15 is 0 Å². The van der Waals surface area contributed by atoms with Crippen molar-refractivity contribution >= 4 is 11.8 Å². The number of unbranched alkanes of at least 4 members (excludes halogenated alkanes) is 3. The second-order valence-corrected chi connectivity index (χ2v) is 21.3. The zero-order valence-electron chi connectivity index (χ0n) is 37.1. The van der Waals surface area contributed by atoms with Crippen molar-refractivity contribution < 1.29 is 39.9 Å². The number of Topliss-reactive ketones (excluding diaryl/α,β-unsaturated/α-hetero) is 1. The van der Waals surface area contributed by atoms with Crippen LogP contribution in [0.2, 0.25) is 0 Å². The maximum Gasteiger partial charge on any atom is 0.308 e. The summed E-state index contributed by atoms with van der Waals surface area (Å²) < 4.78 is 6.40. The zero-order valence-corrected chi connectivity index (χ0v) is 37.1. The fraction of sp³-hybridized carbons (Fsp3) is 0.880. The van der Waals surface area contributed by atoms with E-state index in [9.17, 15) is 35.1 Å². The number of aliphatic hydroxyl groups is 5. The van der Waals surface area contributed by atoms with Crippen molar-refractivity contribution in [1.29, 1.82) is 0 Å². The van der Waals surface area contributed by atoms with Crippen molar-refractivity contribution in [2.24, 2.45) is 70.5 Å². The van der Waals surface area contributed by atoms with Crippen LogP contribution in [0.4, 0.5) is 0 Å². The summed E-state index contributed by atoms with van der Waals surface area (Å²) in [7, 11) is 0. The lowest BCUT2D eigenvalue weighted by molar-refractivity contribution is -0.190. The highest BCUT2D eigenvalue weighted by atomic mass is 16.5. The van der Waals surface area contributed by atoms with E-state index in [1.807, 2.05) is 19.9 Å². The molecule has 0 saturated heterocycles. The molecule has 8 heteroatoms. The molecule has 6 rings (SSSR count). The molecule has 0 aliphatic heterocycles. The molecular weight excluding hydrogens is 729 g/mol. The van der Waals surface area contributed by atoms with Crippen molar-refractivity contribution in [3.05, 3.63) is 23.8 Å². The Hall–Kier alpha value is -1.58. The van der Waals surface area contributed by atoms with E-state index in [2.05, 4.69) is 39.8 Å². The summed E-state index contributed by atoms with van der Waals surface area (Å²) in [5, 5.41) is 55.7. The van der Waals surface area contributed by atoms with Crippen LogP contribution >= 0.6 is 0 Å². The monoisotopic (exact) mass is 811 g/mol. The van der Waals surface area contributed by atoms with E-state index in [4.69, 9.17) is 4.74 Å². The van der Waals surface area contributed by atoms with Gasteiger partial charge in [0, 0.05) is 18.3 Å². The number of aliphatic hydroxyl groups excluding tert-OH is 4. The molecule has 0 spiro atoms. The van der Waals surface area contributed by atoms with Gasteiger partial charge in [-0.1, -0.05) is 78.5 Å². The molecule has 4 saturated carbocycles. The predicted octanol–water partition coefficient (Wildman–Crippen LogP) is 8.89. The van der Waals surface area contributed by atoms with Crippen LogP contribution in [-0.2, 0) is 14.3 Å². The molecule has 58 heavy (non-hydrogen) atoms. The average Bonchev–Trinajstić information content (AvgIpc) is 3.62. The van der Waals surface area contributed by atoms with Crippen molar-refractivity contribution in [1.82, 2.24) is 0 Å². The third-order valence-corrected chi connectivity index (χ3v) is 17.5. The van der Waals surface area contributed by atoms with Crippen molar-refractivity contribution in [2.75, 3.05) is 0 Å². The minimum absolute atomic E-state index is 0.00147. The van der Waals surface area contributed by atoms with Gasteiger partial charge >= 0.3 is 5.97 Å². The number of ketones is 1. The Bertz CT molecular complexity index is 1440. The number of allylic oxidation sites excluding steroid dienone is 3. The second-order valence-electron chi connectivity index (χ2n) is 21.3. The molecule has 18 atom stereocenters. The minimum Gasteiger partial charge on any atom is -0.462 e. The van der Waals surface area contributed by atoms with Crippen molar-refractivity contribution in [3.63, 3.8) is 0 Å². The van der Waals surface area contributed by atoms with E-state index in [1.54, 1.807) is 0 Å². The molecular formula is C50H82O8. The lowest BCUT2D eigenvalue weighted by Crippen LogP contribution is -2.58. The number of ether oxygens (including phenoxy) is 1. The Morgan fingerprint density at radius 3 is 2.45 bits per heavy atom. The summed E-state index contributed by atoms with van der Waals surface area (Å²) in [6.45, 7) is 12.9. The first-order valence-corrected chi connectivity index (χ1v) is 24.1. The number of carbonyl (C=O) groups is 2. The Morgan fingerprint density at radius 1 is 0.948 bits per heavy atom. The Labute approximate surface area is 351 Å². The Balaban J connectivity index is 1.06. The summed E-state index contributed by atoms with van der Waals surface area (Å²) >= 11 is 0. The summed E-state index contributed by atoms with van der Waals surface area (Å²) in [5.74, 6) is 2.83. The van der Waals surface area contributed by atoms with Gasteiger partial charge in [0.15, 0.2) is 0 Å². The van der Waals surface area contributed by atoms with Crippen LogP contribution in [0.25, 0.3) is 0 Å². The van der Waals surface area contributed by atoms with Crippen molar-refractivity contribution in [3.8, 4) is 0 Å². The summed E-state index contributed by atoms with van der Waals surface area (Å²) in [4.78, 5) is 26.8. The van der Waals surface area contributed by atoms with Gasteiger partial charge in [-0.3, -0.25) is 9.59 Å². The molecule has 0 aromatic rings. The molecule has 0 radical (unpaired) electrons. The molecule has 6 aliphatic carbocycles. The number of carbonyl (C=O) groups excluding carboxylic acids is 2. The molecule has 0 aromatic heterocycles. The number of rotatable bonds is 18. The van der Waals surface area contributed by atoms with Crippen LogP contribution in [0.15, 0.2) is 23.8 Å². The van der Waals surface area contributed by atoms with Crippen LogP contribution in [0.5, 0.6) is 0 Å². The van der Waals surface area contributed by atoms with Gasteiger partial charge in [0.1, 0.15) is 11.9 Å². The topological polar surface area (TPSA) is 145 Å². The molecule has 330 valence electrons. The van der Waals surface area contributed by atoms with Gasteiger partial charge in [-0.2, -0.15) is 0 Å². The fourth-order valence-corrected chi connectivity index (χ4v) is 14.2. The normalized spacial score (nSPS) is 40.8. The standard InChI is InChI=1S/C50H82O8/c1-7-9-10-11-21-50(6,57)43-19-16-39-40(43)17-18-42-41(39)29-46(44-27-35(52)20-22-49(42,44)5)58-47(56)28-37(54)26-34(51)14-15-38-31(4)12-13-32-23-36(53)24-33(48(32)38)25-45(55)30(3)8-2/h12-13,23,30-31,33-44,46,48,51-54,57H,7-11,14-22,24-29H2,1-6H3/t30-,31+,33-,34-,35+,36-,37-,38+,39?,40?,41?,42?,43+,44-,46?,48-,49-,50+/m1/s1. The average molecular weight is 811 g/mol. The van der Waals surface area contributed by atoms with Crippen LogP contribution in [0.3, 0.4) is 0 Å². The van der Waals surface area contributed by atoms with Gasteiger partial charge < -0.3 is 30.3 Å². The van der Waals surface area contributed by atoms with Gasteiger partial charge in [-0.05, 0) is 161 Å². The Morgan fingerprint density at radius 2 is 1.71 bits per heavy atom. The summed E-state index contributed by atoms with van der Waals surface area (Å²) in [6, 6.07) is 0. The molecule has 0 amide bonds. The molecule has 6 aliphatic rings. The van der Waals surface area contributed by atoms with E-state index < -0.39 is 36.0 Å². The number of fused-ring (bicyclic) bond motifs is 6. The number of hydrogen-bond donors (Lipinski definition) is 5. The van der Waals surface area contributed by atoms with Gasteiger partial charge in [0.25, 0.3) is 0 Å². The van der Waals surface area contributed by atoms with Gasteiger partial charge in [-0.25, -0.2) is 0 Å². The van der Waals surface area contributed by atoms with Gasteiger partial charge in [-0.15, -0.1) is 0 Å². The van der Waals surface area contributed by atoms with E-state index in [0.717, 1.165) is 76.2 Å². The first-order chi connectivity index (χ1) is 27.6. The largest absolute Gasteiger partial charge is 0.462 e. The van der Waals surface area contributed by atoms with Gasteiger partial charge in [0.05, 0.1) is 36.4 Å². The predicted molar refractivity (Wildman–Crippen MR) is 228 cm³/mol.